The van der Waals surface area contributed by atoms with Gasteiger partial charge in [-0.3, -0.25) is 4.99 Å². The summed E-state index contributed by atoms with van der Waals surface area (Å²) in [6.07, 6.45) is 5.97. The predicted octanol–water partition coefficient (Wildman–Crippen LogP) is 2.78. The number of guanidine groups is 1. The monoisotopic (exact) mass is 321 g/mol. The summed E-state index contributed by atoms with van der Waals surface area (Å²) in [5.74, 6) is 0.896. The Bertz CT molecular complexity index is 475. The van der Waals surface area contributed by atoms with Crippen molar-refractivity contribution in [3.8, 4) is 0 Å². The molecule has 0 saturated heterocycles. The molecule has 1 aliphatic rings. The Kier molecular flexibility index (Phi) is 7.06. The van der Waals surface area contributed by atoms with Gasteiger partial charge in [-0.2, -0.15) is 11.8 Å². The van der Waals surface area contributed by atoms with Crippen LogP contribution in [0.1, 0.15) is 30.4 Å². The molecule has 0 radical (unpaired) electrons. The third-order valence-corrected chi connectivity index (χ3v) is 5.17. The third kappa shape index (κ3) is 5.21. The maximum absolute atomic E-state index is 5.13. The van der Waals surface area contributed by atoms with Crippen LogP contribution < -0.4 is 10.6 Å². The van der Waals surface area contributed by atoms with Crippen molar-refractivity contribution in [3.05, 3.63) is 35.4 Å². The van der Waals surface area contributed by atoms with E-state index in [0.717, 1.165) is 17.8 Å². The normalized spacial score (nSPS) is 21.9. The molecule has 2 N–H and O–H groups in total. The molecule has 0 spiro atoms. The quantitative estimate of drug-likeness (QED) is 0.625. The standard InChI is InChI=1S/C17H27N3OS/c1-18-17(20-15-8-9-16(10-15)22-3)19-11-13-4-6-14(7-5-13)12-21-2/h4-7,15-16H,8-12H2,1-3H3,(H2,18,19,20). The second kappa shape index (κ2) is 9.06. The smallest absolute Gasteiger partial charge is 0.191 e. The molecule has 1 fully saturated rings. The molecule has 0 aromatic heterocycles. The van der Waals surface area contributed by atoms with Crippen molar-refractivity contribution in [2.75, 3.05) is 20.4 Å². The summed E-state index contributed by atoms with van der Waals surface area (Å²) in [5, 5.41) is 7.73. The molecule has 1 aliphatic carbocycles. The highest BCUT2D eigenvalue weighted by molar-refractivity contribution is 7.99. The molecule has 22 heavy (non-hydrogen) atoms. The molecule has 0 heterocycles. The van der Waals surface area contributed by atoms with E-state index in [2.05, 4.69) is 46.1 Å². The summed E-state index contributed by atoms with van der Waals surface area (Å²) in [6.45, 7) is 1.45. The number of ether oxygens (including phenoxy) is 1. The summed E-state index contributed by atoms with van der Waals surface area (Å²) in [7, 11) is 3.55. The first kappa shape index (κ1) is 17.2. The van der Waals surface area contributed by atoms with Crippen LogP contribution in [0.5, 0.6) is 0 Å². The summed E-state index contributed by atoms with van der Waals surface area (Å²) in [6, 6.07) is 9.03. The van der Waals surface area contributed by atoms with Crippen molar-refractivity contribution in [2.24, 2.45) is 4.99 Å². The molecule has 2 unspecified atom stereocenters. The van der Waals surface area contributed by atoms with E-state index in [1.807, 2.05) is 18.8 Å². The Hall–Kier alpha value is -1.20. The maximum atomic E-state index is 5.13. The van der Waals surface area contributed by atoms with Gasteiger partial charge in [-0.15, -0.1) is 0 Å². The first-order valence-electron chi connectivity index (χ1n) is 7.82. The first-order valence-corrected chi connectivity index (χ1v) is 9.10. The minimum Gasteiger partial charge on any atom is -0.380 e. The van der Waals surface area contributed by atoms with Gasteiger partial charge in [-0.1, -0.05) is 24.3 Å². The Morgan fingerprint density at radius 3 is 2.59 bits per heavy atom. The van der Waals surface area contributed by atoms with Gasteiger partial charge in [0.2, 0.25) is 0 Å². The van der Waals surface area contributed by atoms with Crippen LogP contribution in [0.4, 0.5) is 0 Å². The number of nitrogens with zero attached hydrogens (tertiary/aromatic N) is 1. The zero-order chi connectivity index (χ0) is 15.8. The van der Waals surface area contributed by atoms with E-state index in [4.69, 9.17) is 4.74 Å². The molecule has 1 aromatic rings. The molecule has 0 amide bonds. The van der Waals surface area contributed by atoms with Gasteiger partial charge >= 0.3 is 0 Å². The third-order valence-electron chi connectivity index (χ3n) is 4.08. The number of aliphatic imine (C=N–C) groups is 1. The van der Waals surface area contributed by atoms with Crippen LogP contribution in [0.15, 0.2) is 29.3 Å². The second-order valence-corrected chi connectivity index (χ2v) is 6.83. The fourth-order valence-corrected chi connectivity index (χ4v) is 3.58. The van der Waals surface area contributed by atoms with Gasteiger partial charge in [-0.25, -0.2) is 0 Å². The minimum atomic E-state index is 0.549. The molecule has 4 nitrogen and oxygen atoms in total. The first-order chi connectivity index (χ1) is 10.7. The van der Waals surface area contributed by atoms with E-state index in [0.29, 0.717) is 12.6 Å². The van der Waals surface area contributed by atoms with E-state index in [1.165, 1.54) is 30.4 Å². The second-order valence-electron chi connectivity index (χ2n) is 5.69. The minimum absolute atomic E-state index is 0.549. The lowest BCUT2D eigenvalue weighted by atomic mass is 10.1. The molecule has 0 aliphatic heterocycles. The summed E-state index contributed by atoms with van der Waals surface area (Å²) in [5.41, 5.74) is 2.44. The number of benzene rings is 1. The fourth-order valence-electron chi connectivity index (χ4n) is 2.78. The van der Waals surface area contributed by atoms with Crippen LogP contribution in [0.3, 0.4) is 0 Å². The SMILES string of the molecule is CN=C(NCc1ccc(COC)cc1)NC1CCC(SC)C1. The Labute approximate surface area is 138 Å². The van der Waals surface area contributed by atoms with Crippen LogP contribution in [0.25, 0.3) is 0 Å². The molecule has 122 valence electrons. The van der Waals surface area contributed by atoms with Crippen molar-refractivity contribution < 1.29 is 4.74 Å². The molecular weight excluding hydrogens is 294 g/mol. The Morgan fingerprint density at radius 2 is 2.00 bits per heavy atom. The number of thioether (sulfide) groups is 1. The van der Waals surface area contributed by atoms with E-state index in [-0.39, 0.29) is 0 Å². The van der Waals surface area contributed by atoms with E-state index < -0.39 is 0 Å². The number of hydrogen-bond donors (Lipinski definition) is 2. The summed E-state index contributed by atoms with van der Waals surface area (Å²) in [4.78, 5) is 4.33. The van der Waals surface area contributed by atoms with E-state index >= 15 is 0 Å². The van der Waals surface area contributed by atoms with E-state index in [1.54, 1.807) is 7.11 Å². The van der Waals surface area contributed by atoms with Crippen molar-refractivity contribution >= 4 is 17.7 Å². The molecule has 0 bridgehead atoms. The van der Waals surface area contributed by atoms with Gasteiger partial charge in [-0.05, 0) is 36.6 Å². The van der Waals surface area contributed by atoms with Crippen molar-refractivity contribution in [1.29, 1.82) is 0 Å². The lowest BCUT2D eigenvalue weighted by Crippen LogP contribution is -2.42. The number of rotatable bonds is 6. The predicted molar refractivity (Wildman–Crippen MR) is 95.4 cm³/mol. The fraction of sp³-hybridized carbons (Fsp3) is 0.588. The number of hydrogen-bond acceptors (Lipinski definition) is 3. The topological polar surface area (TPSA) is 45.7 Å². The Morgan fingerprint density at radius 1 is 1.27 bits per heavy atom. The van der Waals surface area contributed by atoms with Gasteiger partial charge < -0.3 is 15.4 Å². The number of nitrogens with one attached hydrogen (secondary N) is 2. The average molecular weight is 321 g/mol. The summed E-state index contributed by atoms with van der Waals surface area (Å²) < 4.78 is 5.13. The van der Waals surface area contributed by atoms with Gasteiger partial charge in [0.1, 0.15) is 0 Å². The zero-order valence-electron chi connectivity index (χ0n) is 13.8. The van der Waals surface area contributed by atoms with Crippen LogP contribution >= 0.6 is 11.8 Å². The molecule has 5 heteroatoms. The van der Waals surface area contributed by atoms with Gasteiger partial charge in [0.15, 0.2) is 5.96 Å². The highest BCUT2D eigenvalue weighted by Gasteiger charge is 2.24. The van der Waals surface area contributed by atoms with Crippen LogP contribution in [0.2, 0.25) is 0 Å². The molecular formula is C17H27N3OS. The highest BCUT2D eigenvalue weighted by Crippen LogP contribution is 2.27. The maximum Gasteiger partial charge on any atom is 0.191 e. The van der Waals surface area contributed by atoms with Gasteiger partial charge in [0, 0.05) is 32.0 Å². The molecule has 1 aromatic carbocycles. The lowest BCUT2D eigenvalue weighted by molar-refractivity contribution is 0.185. The van der Waals surface area contributed by atoms with Crippen molar-refractivity contribution in [2.45, 2.75) is 43.7 Å². The largest absolute Gasteiger partial charge is 0.380 e. The molecule has 2 rings (SSSR count). The highest BCUT2D eigenvalue weighted by atomic mass is 32.2. The van der Waals surface area contributed by atoms with Crippen molar-refractivity contribution in [3.63, 3.8) is 0 Å². The molecule has 1 saturated carbocycles. The van der Waals surface area contributed by atoms with Crippen LogP contribution in [0, 0.1) is 0 Å². The van der Waals surface area contributed by atoms with Gasteiger partial charge in [0.05, 0.1) is 6.61 Å². The lowest BCUT2D eigenvalue weighted by Gasteiger charge is -2.17. The Balaban J connectivity index is 1.78. The number of methoxy groups -OCH3 is 1. The van der Waals surface area contributed by atoms with Gasteiger partial charge in [0.25, 0.3) is 0 Å². The van der Waals surface area contributed by atoms with Crippen LogP contribution in [-0.4, -0.2) is 37.7 Å². The average Bonchev–Trinajstić information content (AvgIpc) is 3.00. The molecule has 2 atom stereocenters. The zero-order valence-corrected chi connectivity index (χ0v) is 14.6. The van der Waals surface area contributed by atoms with Crippen LogP contribution in [-0.2, 0) is 17.9 Å². The summed E-state index contributed by atoms with van der Waals surface area (Å²) >= 11 is 1.98. The van der Waals surface area contributed by atoms with Crippen molar-refractivity contribution in [1.82, 2.24) is 10.6 Å². The van der Waals surface area contributed by atoms with E-state index in [9.17, 15) is 0 Å².